The van der Waals surface area contributed by atoms with Crippen LogP contribution in [0, 0.1) is 6.92 Å². The fraction of sp³-hybridized carbons (Fsp3) is 0.200. The molecule has 2 nitrogen and oxygen atoms in total. The van der Waals surface area contributed by atoms with Crippen LogP contribution in [0.4, 0.5) is 34.1 Å². The zero-order valence-electron chi connectivity index (χ0n) is 28.3. The fourth-order valence-electron chi connectivity index (χ4n) is 8.08. The summed E-state index contributed by atoms with van der Waals surface area (Å²) in [5.41, 5.74) is 17.7. The maximum atomic E-state index is 2.48. The molecule has 0 saturated heterocycles. The number of nitrogens with zero attached hydrogens (tertiary/aromatic N) is 2. The van der Waals surface area contributed by atoms with Crippen LogP contribution in [0.3, 0.4) is 0 Å². The SMILES string of the molecule is CCc1cc(N2c3ccccc3C(C)(C)c3cc(-c4ccc5c(c4)C(C)(C)c4ccccc4N5c4ccccc4)ccc32)ccc1C. The average molecular weight is 611 g/mol. The molecular formula is C45H42N2. The van der Waals surface area contributed by atoms with E-state index in [0.717, 1.165) is 6.42 Å². The number of para-hydroxylation sites is 3. The molecule has 0 unspecified atom stereocenters. The van der Waals surface area contributed by atoms with E-state index in [1.165, 1.54) is 78.6 Å². The van der Waals surface area contributed by atoms with Gasteiger partial charge < -0.3 is 9.80 Å². The molecular weight excluding hydrogens is 569 g/mol. The highest BCUT2D eigenvalue weighted by Gasteiger charge is 2.39. The summed E-state index contributed by atoms with van der Waals surface area (Å²) in [6, 6.07) is 49.7. The van der Waals surface area contributed by atoms with Gasteiger partial charge >= 0.3 is 0 Å². The Morgan fingerprint density at radius 2 is 0.915 bits per heavy atom. The Balaban J connectivity index is 1.30. The van der Waals surface area contributed by atoms with Gasteiger partial charge in [0, 0.05) is 22.2 Å². The number of rotatable bonds is 4. The summed E-state index contributed by atoms with van der Waals surface area (Å²) in [6.07, 6.45) is 1.02. The van der Waals surface area contributed by atoms with Gasteiger partial charge in [-0.2, -0.15) is 0 Å². The summed E-state index contributed by atoms with van der Waals surface area (Å²) in [7, 11) is 0. The number of hydrogen-bond donors (Lipinski definition) is 0. The minimum absolute atomic E-state index is 0.154. The van der Waals surface area contributed by atoms with E-state index in [0.29, 0.717) is 0 Å². The van der Waals surface area contributed by atoms with Crippen LogP contribution in [0.2, 0.25) is 0 Å². The van der Waals surface area contributed by atoms with Gasteiger partial charge in [0.15, 0.2) is 0 Å². The summed E-state index contributed by atoms with van der Waals surface area (Å²) in [5, 5.41) is 0. The molecule has 0 fully saturated rings. The Bertz CT molecular complexity index is 2150. The van der Waals surface area contributed by atoms with Gasteiger partial charge in [-0.25, -0.2) is 0 Å². The molecule has 0 spiro atoms. The van der Waals surface area contributed by atoms with Crippen molar-refractivity contribution in [3.63, 3.8) is 0 Å². The molecule has 0 atom stereocenters. The molecule has 0 saturated carbocycles. The zero-order valence-corrected chi connectivity index (χ0v) is 28.3. The highest BCUT2D eigenvalue weighted by molar-refractivity contribution is 5.90. The molecule has 2 heterocycles. The molecule has 0 aliphatic carbocycles. The molecule has 6 aromatic rings. The number of aryl methyl sites for hydroxylation is 2. The van der Waals surface area contributed by atoms with Crippen LogP contribution in [0.1, 0.15) is 68.0 Å². The smallest absolute Gasteiger partial charge is 0.0503 e. The van der Waals surface area contributed by atoms with Gasteiger partial charge in [-0.05, 0) is 119 Å². The van der Waals surface area contributed by atoms with Crippen LogP contribution >= 0.6 is 0 Å². The first-order valence-corrected chi connectivity index (χ1v) is 16.9. The van der Waals surface area contributed by atoms with Crippen molar-refractivity contribution in [2.75, 3.05) is 9.80 Å². The van der Waals surface area contributed by atoms with Crippen molar-refractivity contribution in [2.24, 2.45) is 0 Å². The molecule has 0 bridgehead atoms. The second-order valence-corrected chi connectivity index (χ2v) is 14.2. The van der Waals surface area contributed by atoms with Crippen LogP contribution < -0.4 is 9.80 Å². The van der Waals surface area contributed by atoms with Crippen LogP contribution in [-0.2, 0) is 17.3 Å². The van der Waals surface area contributed by atoms with E-state index in [1.54, 1.807) is 0 Å². The lowest BCUT2D eigenvalue weighted by Crippen LogP contribution is -2.31. The van der Waals surface area contributed by atoms with Gasteiger partial charge in [0.25, 0.3) is 0 Å². The van der Waals surface area contributed by atoms with Crippen molar-refractivity contribution in [3.8, 4) is 11.1 Å². The van der Waals surface area contributed by atoms with Gasteiger partial charge in [-0.15, -0.1) is 0 Å². The van der Waals surface area contributed by atoms with Gasteiger partial charge in [0.05, 0.1) is 22.7 Å². The second-order valence-electron chi connectivity index (χ2n) is 14.2. The van der Waals surface area contributed by atoms with Crippen molar-refractivity contribution >= 4 is 34.1 Å². The summed E-state index contributed by atoms with van der Waals surface area (Å²) in [5.74, 6) is 0. The molecule has 0 radical (unpaired) electrons. The van der Waals surface area contributed by atoms with Gasteiger partial charge in [0.2, 0.25) is 0 Å². The largest absolute Gasteiger partial charge is 0.310 e. The summed E-state index contributed by atoms with van der Waals surface area (Å²) in [6.45, 7) is 14.0. The van der Waals surface area contributed by atoms with Crippen molar-refractivity contribution in [3.05, 3.63) is 167 Å². The number of anilines is 6. The Hall–Kier alpha value is -5.08. The van der Waals surface area contributed by atoms with Crippen molar-refractivity contribution in [1.29, 1.82) is 0 Å². The summed E-state index contributed by atoms with van der Waals surface area (Å²) in [4.78, 5) is 4.90. The van der Waals surface area contributed by atoms with E-state index in [1.807, 2.05) is 0 Å². The van der Waals surface area contributed by atoms with E-state index in [9.17, 15) is 0 Å². The zero-order chi connectivity index (χ0) is 32.5. The first-order chi connectivity index (χ1) is 22.7. The van der Waals surface area contributed by atoms with Crippen LogP contribution in [0.25, 0.3) is 11.1 Å². The molecule has 6 aromatic carbocycles. The minimum atomic E-state index is -0.159. The predicted molar refractivity (Wildman–Crippen MR) is 200 cm³/mol. The molecule has 0 N–H and O–H groups in total. The van der Waals surface area contributed by atoms with E-state index in [4.69, 9.17) is 0 Å². The number of benzene rings is 6. The van der Waals surface area contributed by atoms with E-state index in [2.05, 4.69) is 185 Å². The third-order valence-corrected chi connectivity index (χ3v) is 10.8. The van der Waals surface area contributed by atoms with Crippen molar-refractivity contribution in [1.82, 2.24) is 0 Å². The second kappa shape index (κ2) is 10.7. The van der Waals surface area contributed by atoms with Gasteiger partial charge in [-0.1, -0.05) is 107 Å². The molecule has 0 aromatic heterocycles. The van der Waals surface area contributed by atoms with Crippen molar-refractivity contribution < 1.29 is 0 Å². The normalized spacial score (nSPS) is 15.4. The minimum Gasteiger partial charge on any atom is -0.310 e. The van der Waals surface area contributed by atoms with E-state index >= 15 is 0 Å². The predicted octanol–water partition coefficient (Wildman–Crippen LogP) is 12.4. The first kappa shape index (κ1) is 29.3. The fourth-order valence-corrected chi connectivity index (χ4v) is 8.08. The van der Waals surface area contributed by atoms with E-state index < -0.39 is 0 Å². The van der Waals surface area contributed by atoms with Crippen LogP contribution in [-0.4, -0.2) is 0 Å². The molecule has 2 aliphatic heterocycles. The molecule has 47 heavy (non-hydrogen) atoms. The topological polar surface area (TPSA) is 6.48 Å². The third-order valence-electron chi connectivity index (χ3n) is 10.8. The number of fused-ring (bicyclic) bond motifs is 4. The molecule has 0 amide bonds. The molecule has 8 rings (SSSR count). The van der Waals surface area contributed by atoms with E-state index in [-0.39, 0.29) is 10.8 Å². The third kappa shape index (κ3) is 4.46. The van der Waals surface area contributed by atoms with Crippen LogP contribution in [0.5, 0.6) is 0 Å². The Morgan fingerprint density at radius 1 is 0.447 bits per heavy atom. The van der Waals surface area contributed by atoms with Gasteiger partial charge in [-0.3, -0.25) is 0 Å². The first-order valence-electron chi connectivity index (χ1n) is 16.9. The monoisotopic (exact) mass is 610 g/mol. The molecule has 232 valence electrons. The highest BCUT2D eigenvalue weighted by Crippen LogP contribution is 2.55. The summed E-state index contributed by atoms with van der Waals surface area (Å²) >= 11 is 0. The van der Waals surface area contributed by atoms with Crippen LogP contribution in [0.15, 0.2) is 133 Å². The maximum Gasteiger partial charge on any atom is 0.0503 e. The van der Waals surface area contributed by atoms with Gasteiger partial charge in [0.1, 0.15) is 0 Å². The lowest BCUT2D eigenvalue weighted by Gasteiger charge is -2.43. The Labute approximate surface area is 280 Å². The summed E-state index contributed by atoms with van der Waals surface area (Å²) < 4.78 is 0. The average Bonchev–Trinajstić information content (AvgIpc) is 3.09. The Kier molecular flexibility index (Phi) is 6.70. The lowest BCUT2D eigenvalue weighted by molar-refractivity contribution is 0.631. The maximum absolute atomic E-state index is 2.48. The highest BCUT2D eigenvalue weighted by atomic mass is 15.2. The number of hydrogen-bond acceptors (Lipinski definition) is 2. The lowest BCUT2D eigenvalue weighted by atomic mass is 9.71. The molecule has 2 aliphatic rings. The Morgan fingerprint density at radius 3 is 1.45 bits per heavy atom. The van der Waals surface area contributed by atoms with Crippen molar-refractivity contribution in [2.45, 2.75) is 58.8 Å². The standard InChI is InChI=1S/C45H42N2/c1-7-31-27-35(24-21-30(31)2)47-41-20-14-12-18-37(41)45(5,6)39-29-33(23-26-43(39)47)32-22-25-42-38(28-32)44(3,4)36-17-11-13-19-40(36)46(42)34-15-9-8-10-16-34/h8-29H,7H2,1-6H3. The molecule has 2 heteroatoms. The quantitative estimate of drug-likeness (QED) is 0.196.